The van der Waals surface area contributed by atoms with E-state index < -0.39 is 10.0 Å². The van der Waals surface area contributed by atoms with Gasteiger partial charge in [0.2, 0.25) is 10.0 Å². The van der Waals surface area contributed by atoms with E-state index in [0.717, 1.165) is 32.6 Å². The van der Waals surface area contributed by atoms with Gasteiger partial charge < -0.3 is 10.1 Å². The van der Waals surface area contributed by atoms with E-state index in [-0.39, 0.29) is 5.75 Å². The van der Waals surface area contributed by atoms with Crippen LogP contribution < -0.4 is 5.32 Å². The summed E-state index contributed by atoms with van der Waals surface area (Å²) in [6.45, 7) is 5.44. The highest BCUT2D eigenvalue weighted by molar-refractivity contribution is 7.89. The molecule has 0 aromatic carbocycles. The third-order valence-electron chi connectivity index (χ3n) is 3.12. The van der Waals surface area contributed by atoms with Gasteiger partial charge in [-0.15, -0.1) is 0 Å². The molecule has 0 aromatic rings. The molecule has 1 aliphatic heterocycles. The van der Waals surface area contributed by atoms with Crippen LogP contribution in [0, 0.1) is 5.92 Å². The minimum Gasteiger partial charge on any atom is -0.381 e. The van der Waals surface area contributed by atoms with Crippen LogP contribution in [0.25, 0.3) is 0 Å². The summed E-state index contributed by atoms with van der Waals surface area (Å²) in [6, 6.07) is 0. The zero-order chi connectivity index (χ0) is 12.7. The highest BCUT2D eigenvalue weighted by Crippen LogP contribution is 2.16. The highest BCUT2D eigenvalue weighted by Gasteiger charge is 2.22. The largest absolute Gasteiger partial charge is 0.381 e. The number of sulfonamides is 1. The van der Waals surface area contributed by atoms with Crippen molar-refractivity contribution in [2.24, 2.45) is 5.92 Å². The number of ether oxygens (including phenoxy) is 1. The molecule has 1 heterocycles. The van der Waals surface area contributed by atoms with E-state index >= 15 is 0 Å². The molecule has 6 heteroatoms. The van der Waals surface area contributed by atoms with Crippen molar-refractivity contribution in [3.8, 4) is 0 Å². The van der Waals surface area contributed by atoms with Crippen molar-refractivity contribution in [1.82, 2.24) is 9.62 Å². The average molecular weight is 264 g/mol. The molecule has 102 valence electrons. The molecule has 0 aliphatic carbocycles. The monoisotopic (exact) mass is 264 g/mol. The SMILES string of the molecule is CCNCCS(=O)(=O)N(C)CC1CCOCC1. The van der Waals surface area contributed by atoms with Gasteiger partial charge in [0.25, 0.3) is 0 Å². The predicted octanol–water partition coefficient (Wildman–Crippen LogP) is 0.284. The molecule has 1 saturated heterocycles. The van der Waals surface area contributed by atoms with Crippen molar-refractivity contribution in [2.45, 2.75) is 19.8 Å². The molecule has 0 spiro atoms. The molecular formula is C11H24N2O3S. The zero-order valence-electron chi connectivity index (χ0n) is 10.8. The smallest absolute Gasteiger partial charge is 0.215 e. The van der Waals surface area contributed by atoms with Crippen molar-refractivity contribution in [2.75, 3.05) is 45.6 Å². The average Bonchev–Trinajstić information content (AvgIpc) is 2.30. The van der Waals surface area contributed by atoms with Crippen molar-refractivity contribution in [1.29, 1.82) is 0 Å². The van der Waals surface area contributed by atoms with Gasteiger partial charge in [0, 0.05) is 33.4 Å². The number of nitrogens with zero attached hydrogens (tertiary/aromatic N) is 1. The van der Waals surface area contributed by atoms with Crippen LogP contribution in [0.5, 0.6) is 0 Å². The second-order valence-electron chi connectivity index (χ2n) is 4.51. The second kappa shape index (κ2) is 7.31. The fraction of sp³-hybridized carbons (Fsp3) is 1.00. The summed E-state index contributed by atoms with van der Waals surface area (Å²) < 4.78 is 30.6. The van der Waals surface area contributed by atoms with Gasteiger partial charge in [-0.25, -0.2) is 12.7 Å². The molecular weight excluding hydrogens is 240 g/mol. The normalized spacial score (nSPS) is 18.8. The Morgan fingerprint density at radius 3 is 2.59 bits per heavy atom. The summed E-state index contributed by atoms with van der Waals surface area (Å²) in [5.74, 6) is 0.628. The first-order valence-electron chi connectivity index (χ1n) is 6.28. The summed E-state index contributed by atoms with van der Waals surface area (Å²) in [5, 5.41) is 3.04. The van der Waals surface area contributed by atoms with Crippen LogP contribution in [0.4, 0.5) is 0 Å². The van der Waals surface area contributed by atoms with Crippen molar-refractivity contribution in [3.63, 3.8) is 0 Å². The molecule has 0 amide bonds. The Bertz CT molecular complexity index is 300. The Morgan fingerprint density at radius 1 is 1.35 bits per heavy atom. The van der Waals surface area contributed by atoms with Crippen molar-refractivity contribution >= 4 is 10.0 Å². The molecule has 1 fully saturated rings. The lowest BCUT2D eigenvalue weighted by molar-refractivity contribution is 0.0620. The molecule has 0 aromatic heterocycles. The van der Waals surface area contributed by atoms with Crippen molar-refractivity contribution in [3.05, 3.63) is 0 Å². The number of hydrogen-bond acceptors (Lipinski definition) is 4. The predicted molar refractivity (Wildman–Crippen MR) is 68.5 cm³/mol. The van der Waals surface area contributed by atoms with E-state index in [0.29, 0.717) is 19.0 Å². The van der Waals surface area contributed by atoms with Crippen LogP contribution in [0.15, 0.2) is 0 Å². The van der Waals surface area contributed by atoms with Gasteiger partial charge in [0.05, 0.1) is 5.75 Å². The lowest BCUT2D eigenvalue weighted by Gasteiger charge is -2.26. The second-order valence-corrected chi connectivity index (χ2v) is 6.70. The van der Waals surface area contributed by atoms with Crippen LogP contribution in [0.1, 0.15) is 19.8 Å². The Morgan fingerprint density at radius 2 is 2.00 bits per heavy atom. The molecule has 5 nitrogen and oxygen atoms in total. The zero-order valence-corrected chi connectivity index (χ0v) is 11.6. The summed E-state index contributed by atoms with van der Waals surface area (Å²) in [6.07, 6.45) is 1.93. The Balaban J connectivity index is 2.36. The van der Waals surface area contributed by atoms with Crippen LogP contribution in [0.3, 0.4) is 0 Å². The van der Waals surface area contributed by atoms with Gasteiger partial charge in [0.15, 0.2) is 0 Å². The Hall–Kier alpha value is -0.170. The standard InChI is InChI=1S/C11H24N2O3S/c1-3-12-6-9-17(14,15)13(2)10-11-4-7-16-8-5-11/h11-12H,3-10H2,1-2H3. The first kappa shape index (κ1) is 14.9. The van der Waals surface area contributed by atoms with Crippen LogP contribution >= 0.6 is 0 Å². The third-order valence-corrected chi connectivity index (χ3v) is 4.94. The van der Waals surface area contributed by atoms with E-state index in [1.165, 1.54) is 4.31 Å². The van der Waals surface area contributed by atoms with E-state index in [1.807, 2.05) is 6.92 Å². The third kappa shape index (κ3) is 5.33. The summed E-state index contributed by atoms with van der Waals surface area (Å²) in [7, 11) is -1.42. The van der Waals surface area contributed by atoms with Gasteiger partial charge in [-0.3, -0.25) is 0 Å². The first-order chi connectivity index (χ1) is 8.06. The molecule has 17 heavy (non-hydrogen) atoms. The number of nitrogens with one attached hydrogen (secondary N) is 1. The molecule has 0 radical (unpaired) electrons. The maximum absolute atomic E-state index is 11.9. The van der Waals surface area contributed by atoms with E-state index in [4.69, 9.17) is 4.74 Å². The van der Waals surface area contributed by atoms with Gasteiger partial charge in [0.1, 0.15) is 0 Å². The maximum atomic E-state index is 11.9. The van der Waals surface area contributed by atoms with Gasteiger partial charge >= 0.3 is 0 Å². The molecule has 1 aliphatic rings. The highest BCUT2D eigenvalue weighted by atomic mass is 32.2. The lowest BCUT2D eigenvalue weighted by atomic mass is 10.0. The van der Waals surface area contributed by atoms with E-state index in [9.17, 15) is 8.42 Å². The van der Waals surface area contributed by atoms with Crippen molar-refractivity contribution < 1.29 is 13.2 Å². The summed E-state index contributed by atoms with van der Waals surface area (Å²) >= 11 is 0. The first-order valence-corrected chi connectivity index (χ1v) is 7.89. The van der Waals surface area contributed by atoms with Gasteiger partial charge in [-0.2, -0.15) is 0 Å². The Kier molecular flexibility index (Phi) is 6.40. The number of hydrogen-bond donors (Lipinski definition) is 1. The number of rotatable bonds is 7. The maximum Gasteiger partial charge on any atom is 0.215 e. The quantitative estimate of drug-likeness (QED) is 0.671. The molecule has 0 saturated carbocycles. The van der Waals surface area contributed by atoms with Crippen LogP contribution in [-0.2, 0) is 14.8 Å². The van der Waals surface area contributed by atoms with E-state index in [1.54, 1.807) is 7.05 Å². The summed E-state index contributed by atoms with van der Waals surface area (Å²) in [5.41, 5.74) is 0. The minimum absolute atomic E-state index is 0.181. The van der Waals surface area contributed by atoms with E-state index in [2.05, 4.69) is 5.32 Å². The molecule has 0 atom stereocenters. The molecule has 0 bridgehead atoms. The molecule has 1 N–H and O–H groups in total. The minimum atomic E-state index is -3.10. The fourth-order valence-corrected chi connectivity index (χ4v) is 3.09. The topological polar surface area (TPSA) is 58.6 Å². The molecule has 0 unspecified atom stereocenters. The molecule has 1 rings (SSSR count). The van der Waals surface area contributed by atoms with Crippen LogP contribution in [-0.4, -0.2) is 58.4 Å². The Labute approximate surface area is 105 Å². The van der Waals surface area contributed by atoms with Gasteiger partial charge in [-0.1, -0.05) is 6.92 Å². The fourth-order valence-electron chi connectivity index (χ4n) is 1.94. The van der Waals surface area contributed by atoms with Crippen LogP contribution in [0.2, 0.25) is 0 Å². The lowest BCUT2D eigenvalue weighted by Crippen LogP contribution is -2.37. The summed E-state index contributed by atoms with van der Waals surface area (Å²) in [4.78, 5) is 0. The van der Waals surface area contributed by atoms with Gasteiger partial charge in [-0.05, 0) is 25.3 Å².